The Morgan fingerprint density at radius 3 is 2.24 bits per heavy atom. The van der Waals surface area contributed by atoms with E-state index in [1.807, 2.05) is 41.3 Å². The lowest BCUT2D eigenvalue weighted by Crippen LogP contribution is -3.15. The first-order valence-electron chi connectivity index (χ1n) is 10.0. The molecule has 1 aliphatic heterocycles. The number of hydrogen-bond acceptors (Lipinski definition) is 2. The SMILES string of the molecule is CC(C)(C)c1ccc(C(=O)N2CC[NH+](CC(=O)Nc3ccccc3Cl)CC2)cc1. The number of benzene rings is 2. The molecule has 2 aromatic rings. The van der Waals surface area contributed by atoms with Crippen LogP contribution < -0.4 is 10.2 Å². The highest BCUT2D eigenvalue weighted by molar-refractivity contribution is 6.33. The van der Waals surface area contributed by atoms with Crippen molar-refractivity contribution in [2.24, 2.45) is 0 Å². The maximum absolute atomic E-state index is 12.8. The first-order chi connectivity index (χ1) is 13.7. The number of hydrogen-bond donors (Lipinski definition) is 2. The number of rotatable bonds is 4. The third kappa shape index (κ3) is 5.58. The fourth-order valence-corrected chi connectivity index (χ4v) is 3.67. The van der Waals surface area contributed by atoms with E-state index in [9.17, 15) is 9.59 Å². The van der Waals surface area contributed by atoms with Crippen LogP contribution in [0.5, 0.6) is 0 Å². The number of carbonyl (C=O) groups excluding carboxylic acids is 2. The summed E-state index contributed by atoms with van der Waals surface area (Å²) in [6.07, 6.45) is 0. The first kappa shape index (κ1) is 21.3. The van der Waals surface area contributed by atoms with Gasteiger partial charge in [-0.15, -0.1) is 0 Å². The van der Waals surface area contributed by atoms with Crippen LogP contribution in [-0.2, 0) is 10.2 Å². The fraction of sp³-hybridized carbons (Fsp3) is 0.391. The zero-order valence-electron chi connectivity index (χ0n) is 17.3. The topological polar surface area (TPSA) is 53.9 Å². The monoisotopic (exact) mass is 414 g/mol. The van der Waals surface area contributed by atoms with Crippen molar-refractivity contribution in [2.75, 3.05) is 38.0 Å². The number of quaternary nitrogens is 1. The Labute approximate surface area is 177 Å². The number of nitrogens with zero attached hydrogens (tertiary/aromatic N) is 1. The number of halogens is 1. The summed E-state index contributed by atoms with van der Waals surface area (Å²) in [7, 11) is 0. The van der Waals surface area contributed by atoms with Crippen LogP contribution in [0.15, 0.2) is 48.5 Å². The lowest BCUT2D eigenvalue weighted by molar-refractivity contribution is -0.895. The molecular weight excluding hydrogens is 386 g/mol. The van der Waals surface area contributed by atoms with Crippen LogP contribution in [0, 0.1) is 0 Å². The molecule has 2 aromatic carbocycles. The van der Waals surface area contributed by atoms with Gasteiger partial charge in [0.15, 0.2) is 6.54 Å². The lowest BCUT2D eigenvalue weighted by Gasteiger charge is -2.32. The van der Waals surface area contributed by atoms with Crippen molar-refractivity contribution in [3.63, 3.8) is 0 Å². The number of anilines is 1. The van der Waals surface area contributed by atoms with E-state index >= 15 is 0 Å². The highest BCUT2D eigenvalue weighted by Crippen LogP contribution is 2.22. The molecule has 1 fully saturated rings. The van der Waals surface area contributed by atoms with Gasteiger partial charge in [0, 0.05) is 5.56 Å². The summed E-state index contributed by atoms with van der Waals surface area (Å²) in [5, 5.41) is 3.39. The average molecular weight is 415 g/mol. The molecule has 1 saturated heterocycles. The zero-order chi connectivity index (χ0) is 21.0. The zero-order valence-corrected chi connectivity index (χ0v) is 18.1. The van der Waals surface area contributed by atoms with Gasteiger partial charge in [-0.25, -0.2) is 0 Å². The minimum atomic E-state index is -0.0642. The second-order valence-electron chi connectivity index (χ2n) is 8.57. The Morgan fingerprint density at radius 1 is 1.03 bits per heavy atom. The van der Waals surface area contributed by atoms with E-state index in [4.69, 9.17) is 11.6 Å². The van der Waals surface area contributed by atoms with Gasteiger partial charge in [-0.1, -0.05) is 56.6 Å². The van der Waals surface area contributed by atoms with E-state index in [0.29, 0.717) is 30.3 Å². The van der Waals surface area contributed by atoms with Gasteiger partial charge in [-0.2, -0.15) is 0 Å². The second-order valence-corrected chi connectivity index (χ2v) is 8.98. The largest absolute Gasteiger partial charge is 0.327 e. The van der Waals surface area contributed by atoms with Gasteiger partial charge in [-0.3, -0.25) is 9.59 Å². The summed E-state index contributed by atoms with van der Waals surface area (Å²) in [4.78, 5) is 28.1. The van der Waals surface area contributed by atoms with Crippen molar-refractivity contribution in [3.8, 4) is 0 Å². The van der Waals surface area contributed by atoms with E-state index in [1.165, 1.54) is 10.5 Å². The van der Waals surface area contributed by atoms with Crippen molar-refractivity contribution in [1.29, 1.82) is 0 Å². The summed E-state index contributed by atoms with van der Waals surface area (Å²) in [5.74, 6) is -0.00401. The molecule has 0 spiro atoms. The Morgan fingerprint density at radius 2 is 1.66 bits per heavy atom. The summed E-state index contributed by atoms with van der Waals surface area (Å²) in [6.45, 7) is 9.65. The predicted molar refractivity (Wildman–Crippen MR) is 117 cm³/mol. The van der Waals surface area contributed by atoms with E-state index in [0.717, 1.165) is 18.7 Å². The highest BCUT2D eigenvalue weighted by atomic mass is 35.5. The molecule has 5 nitrogen and oxygen atoms in total. The molecular formula is C23H29ClN3O2+. The van der Waals surface area contributed by atoms with Crippen molar-refractivity contribution >= 4 is 29.1 Å². The second kappa shape index (κ2) is 8.97. The van der Waals surface area contributed by atoms with Crippen molar-refractivity contribution in [2.45, 2.75) is 26.2 Å². The van der Waals surface area contributed by atoms with Crippen LogP contribution in [-0.4, -0.2) is 49.4 Å². The van der Waals surface area contributed by atoms with Crippen LogP contribution >= 0.6 is 11.6 Å². The molecule has 1 aliphatic rings. The van der Waals surface area contributed by atoms with E-state index in [1.54, 1.807) is 12.1 Å². The summed E-state index contributed by atoms with van der Waals surface area (Å²) >= 11 is 6.09. The number of carbonyl (C=O) groups is 2. The molecule has 6 heteroatoms. The van der Waals surface area contributed by atoms with Crippen LogP contribution in [0.2, 0.25) is 5.02 Å². The first-order valence-corrected chi connectivity index (χ1v) is 10.4. The summed E-state index contributed by atoms with van der Waals surface area (Å²) in [5.41, 5.74) is 2.64. The Kier molecular flexibility index (Phi) is 6.60. The van der Waals surface area contributed by atoms with E-state index in [2.05, 4.69) is 26.1 Å². The normalized spacial score (nSPS) is 15.2. The number of amides is 2. The number of para-hydroxylation sites is 1. The summed E-state index contributed by atoms with van der Waals surface area (Å²) < 4.78 is 0. The minimum absolute atomic E-state index is 0.0602. The smallest absolute Gasteiger partial charge is 0.279 e. The lowest BCUT2D eigenvalue weighted by atomic mass is 9.86. The average Bonchev–Trinajstić information content (AvgIpc) is 2.69. The van der Waals surface area contributed by atoms with Crippen LogP contribution in [0.25, 0.3) is 0 Å². The molecule has 3 rings (SSSR count). The molecule has 0 bridgehead atoms. The van der Waals surface area contributed by atoms with Gasteiger partial charge in [0.05, 0.1) is 36.9 Å². The van der Waals surface area contributed by atoms with Crippen molar-refractivity contribution in [1.82, 2.24) is 4.90 Å². The third-order valence-corrected chi connectivity index (χ3v) is 5.64. The summed E-state index contributed by atoms with van der Waals surface area (Å²) in [6, 6.07) is 15.1. The van der Waals surface area contributed by atoms with E-state index in [-0.39, 0.29) is 17.2 Å². The quantitative estimate of drug-likeness (QED) is 0.808. The molecule has 1 heterocycles. The van der Waals surface area contributed by atoms with Gasteiger partial charge < -0.3 is 15.1 Å². The molecule has 0 radical (unpaired) electrons. The molecule has 0 aromatic heterocycles. The fourth-order valence-electron chi connectivity index (χ4n) is 3.48. The van der Waals surface area contributed by atoms with Crippen LogP contribution in [0.3, 0.4) is 0 Å². The molecule has 0 unspecified atom stereocenters. The number of nitrogens with one attached hydrogen (secondary N) is 2. The standard InChI is InChI=1S/C23H28ClN3O2/c1-23(2,3)18-10-8-17(9-11-18)22(29)27-14-12-26(13-15-27)16-21(28)25-20-7-5-4-6-19(20)24/h4-11H,12-16H2,1-3H3,(H,25,28)/p+1. The molecule has 154 valence electrons. The minimum Gasteiger partial charge on any atom is -0.327 e. The molecule has 2 N–H and O–H groups in total. The molecule has 0 atom stereocenters. The molecule has 0 saturated carbocycles. The van der Waals surface area contributed by atoms with Gasteiger partial charge in [0.2, 0.25) is 0 Å². The number of piperazine rings is 1. The molecule has 2 amide bonds. The van der Waals surface area contributed by atoms with Gasteiger partial charge in [0.1, 0.15) is 0 Å². The Hall–Kier alpha value is -2.37. The van der Waals surface area contributed by atoms with Gasteiger partial charge in [-0.05, 0) is 35.2 Å². The van der Waals surface area contributed by atoms with Crippen molar-refractivity contribution < 1.29 is 14.5 Å². The van der Waals surface area contributed by atoms with E-state index < -0.39 is 0 Å². The van der Waals surface area contributed by atoms with Gasteiger partial charge in [0.25, 0.3) is 11.8 Å². The molecule has 0 aliphatic carbocycles. The predicted octanol–water partition coefficient (Wildman–Crippen LogP) is 2.62. The Bertz CT molecular complexity index is 866. The Balaban J connectivity index is 1.50. The third-order valence-electron chi connectivity index (χ3n) is 5.31. The molecule has 29 heavy (non-hydrogen) atoms. The van der Waals surface area contributed by atoms with Crippen molar-refractivity contribution in [3.05, 3.63) is 64.7 Å². The highest BCUT2D eigenvalue weighted by Gasteiger charge is 2.26. The van der Waals surface area contributed by atoms with Gasteiger partial charge >= 0.3 is 0 Å². The maximum atomic E-state index is 12.8. The van der Waals surface area contributed by atoms with Crippen LogP contribution in [0.4, 0.5) is 5.69 Å². The van der Waals surface area contributed by atoms with Crippen LogP contribution in [0.1, 0.15) is 36.7 Å². The maximum Gasteiger partial charge on any atom is 0.279 e.